The van der Waals surface area contributed by atoms with Crippen LogP contribution in [0.5, 0.6) is 5.75 Å². The van der Waals surface area contributed by atoms with Crippen molar-refractivity contribution in [3.63, 3.8) is 0 Å². The Hall–Kier alpha value is -3.27. The molecule has 2 aromatic carbocycles. The number of benzene rings is 2. The summed E-state index contributed by atoms with van der Waals surface area (Å²) in [5.74, 6) is -1.98. The Morgan fingerprint density at radius 2 is 1.85 bits per heavy atom. The van der Waals surface area contributed by atoms with E-state index in [1.165, 1.54) is 11.0 Å². The van der Waals surface area contributed by atoms with Gasteiger partial charge in [-0.15, -0.1) is 0 Å². The van der Waals surface area contributed by atoms with Gasteiger partial charge in [-0.1, -0.05) is 11.6 Å². The molecule has 0 bridgehead atoms. The minimum Gasteiger partial charge on any atom is -0.491 e. The van der Waals surface area contributed by atoms with Crippen molar-refractivity contribution >= 4 is 40.8 Å². The summed E-state index contributed by atoms with van der Waals surface area (Å²) < 4.78 is 49.4. The zero-order valence-corrected chi connectivity index (χ0v) is 19.1. The number of carbonyl (C=O) groups excluding carboxylic acids is 3. The average molecular weight is 499 g/mol. The van der Waals surface area contributed by atoms with Gasteiger partial charge < -0.3 is 19.7 Å². The molecule has 182 valence electrons. The Labute approximate surface area is 198 Å². The molecule has 34 heavy (non-hydrogen) atoms. The number of nitrogens with one attached hydrogen (secondary N) is 1. The third-order valence-corrected chi connectivity index (χ3v) is 5.21. The van der Waals surface area contributed by atoms with Gasteiger partial charge in [0, 0.05) is 24.3 Å². The minimum absolute atomic E-state index is 0.00185. The fourth-order valence-electron chi connectivity index (χ4n) is 3.36. The lowest BCUT2D eigenvalue weighted by atomic mass is 10.1. The molecule has 0 aromatic heterocycles. The van der Waals surface area contributed by atoms with Crippen molar-refractivity contribution in [2.75, 3.05) is 23.4 Å². The highest BCUT2D eigenvalue weighted by Crippen LogP contribution is 2.36. The molecule has 3 rings (SSSR count). The molecular formula is C23H22ClF3N2O5. The summed E-state index contributed by atoms with van der Waals surface area (Å²) >= 11 is 5.55. The summed E-state index contributed by atoms with van der Waals surface area (Å²) in [6, 6.07) is 9.75. The van der Waals surface area contributed by atoms with Gasteiger partial charge in [-0.25, -0.2) is 0 Å². The molecule has 0 saturated carbocycles. The lowest BCUT2D eigenvalue weighted by molar-refractivity contribution is -0.151. The van der Waals surface area contributed by atoms with Crippen LogP contribution in [-0.4, -0.2) is 37.0 Å². The van der Waals surface area contributed by atoms with Crippen molar-refractivity contribution in [3.8, 4) is 5.75 Å². The van der Waals surface area contributed by atoms with Crippen molar-refractivity contribution in [2.45, 2.75) is 32.5 Å². The second-order valence-corrected chi connectivity index (χ2v) is 8.32. The van der Waals surface area contributed by atoms with Crippen molar-refractivity contribution in [3.05, 3.63) is 53.1 Å². The third kappa shape index (κ3) is 6.40. The van der Waals surface area contributed by atoms with E-state index in [0.29, 0.717) is 17.5 Å². The first-order valence-electron chi connectivity index (χ1n) is 10.3. The number of esters is 1. The molecule has 1 heterocycles. The first-order valence-corrected chi connectivity index (χ1v) is 10.7. The highest BCUT2D eigenvalue weighted by molar-refractivity contribution is 6.31. The monoisotopic (exact) mass is 498 g/mol. The van der Waals surface area contributed by atoms with Crippen LogP contribution in [0, 0.1) is 5.92 Å². The number of amides is 2. The van der Waals surface area contributed by atoms with Crippen LogP contribution >= 0.6 is 11.6 Å². The van der Waals surface area contributed by atoms with Crippen LogP contribution in [0.25, 0.3) is 0 Å². The van der Waals surface area contributed by atoms with Gasteiger partial charge in [0.2, 0.25) is 5.91 Å². The standard InChI is InChI=1S/C23H22ClF3N2O5/c1-13(2)34-17-6-4-16(5-7-17)29-11-14(9-21(29)31)22(32)33-12-20(30)28-15-3-8-19(24)18(10-15)23(25,26)27/h3-8,10,13-14H,9,11-12H2,1-2H3,(H,28,30)/t14-/m1/s1. The van der Waals surface area contributed by atoms with Gasteiger partial charge in [0.15, 0.2) is 6.61 Å². The molecule has 2 aromatic rings. The Bertz CT molecular complexity index is 1070. The maximum atomic E-state index is 12.9. The van der Waals surface area contributed by atoms with E-state index in [2.05, 4.69) is 5.32 Å². The smallest absolute Gasteiger partial charge is 0.417 e. The fourth-order valence-corrected chi connectivity index (χ4v) is 3.59. The number of rotatable bonds is 7. The summed E-state index contributed by atoms with van der Waals surface area (Å²) in [5, 5.41) is 1.72. The molecule has 0 spiro atoms. The highest BCUT2D eigenvalue weighted by atomic mass is 35.5. The molecule has 1 fully saturated rings. The zero-order chi connectivity index (χ0) is 25.0. The van der Waals surface area contributed by atoms with Crippen molar-refractivity contribution in [2.24, 2.45) is 5.92 Å². The van der Waals surface area contributed by atoms with Gasteiger partial charge in [-0.05, 0) is 56.3 Å². The number of nitrogens with zero attached hydrogens (tertiary/aromatic N) is 1. The SMILES string of the molecule is CC(C)Oc1ccc(N2C[C@H](C(=O)OCC(=O)Nc3ccc(Cl)c(C(F)(F)F)c3)CC2=O)cc1. The highest BCUT2D eigenvalue weighted by Gasteiger charge is 2.36. The Kier molecular flexibility index (Phi) is 7.71. The van der Waals surface area contributed by atoms with E-state index < -0.39 is 41.2 Å². The van der Waals surface area contributed by atoms with Crippen LogP contribution in [0.3, 0.4) is 0 Å². The molecule has 1 aliphatic rings. The topological polar surface area (TPSA) is 84.9 Å². The van der Waals surface area contributed by atoms with Crippen LogP contribution in [-0.2, 0) is 25.3 Å². The fraction of sp³-hybridized carbons (Fsp3) is 0.348. The number of anilines is 2. The summed E-state index contributed by atoms with van der Waals surface area (Å²) in [7, 11) is 0. The Balaban J connectivity index is 1.53. The molecule has 1 aliphatic heterocycles. The van der Waals surface area contributed by atoms with Gasteiger partial charge >= 0.3 is 12.1 Å². The molecule has 1 N–H and O–H groups in total. The van der Waals surface area contributed by atoms with Crippen LogP contribution in [0.15, 0.2) is 42.5 Å². The lowest BCUT2D eigenvalue weighted by Gasteiger charge is -2.17. The summed E-state index contributed by atoms with van der Waals surface area (Å²) in [6.07, 6.45) is -4.77. The van der Waals surface area contributed by atoms with Gasteiger partial charge in [0.05, 0.1) is 22.6 Å². The maximum Gasteiger partial charge on any atom is 0.417 e. The van der Waals surface area contributed by atoms with E-state index in [0.717, 1.165) is 6.07 Å². The Morgan fingerprint density at radius 1 is 1.18 bits per heavy atom. The molecule has 11 heteroatoms. The quantitative estimate of drug-likeness (QED) is 0.560. The summed E-state index contributed by atoms with van der Waals surface area (Å²) in [5.41, 5.74) is -0.653. The van der Waals surface area contributed by atoms with Crippen LogP contribution in [0.2, 0.25) is 5.02 Å². The number of carbonyl (C=O) groups is 3. The van der Waals surface area contributed by atoms with Crippen LogP contribution in [0.1, 0.15) is 25.8 Å². The number of alkyl halides is 3. The molecule has 7 nitrogen and oxygen atoms in total. The molecule has 0 aliphatic carbocycles. The first kappa shape index (κ1) is 25.4. The number of hydrogen-bond acceptors (Lipinski definition) is 5. The zero-order valence-electron chi connectivity index (χ0n) is 18.3. The number of hydrogen-bond donors (Lipinski definition) is 1. The third-order valence-electron chi connectivity index (χ3n) is 4.88. The number of ether oxygens (including phenoxy) is 2. The summed E-state index contributed by atoms with van der Waals surface area (Å²) in [6.45, 7) is 3.15. The normalized spacial score (nSPS) is 16.0. The second-order valence-electron chi connectivity index (χ2n) is 7.91. The van der Waals surface area contributed by atoms with Gasteiger partial charge in [0.25, 0.3) is 5.91 Å². The van der Waals surface area contributed by atoms with E-state index in [1.54, 1.807) is 24.3 Å². The molecular weight excluding hydrogens is 477 g/mol. The van der Waals surface area contributed by atoms with Gasteiger partial charge in [0.1, 0.15) is 5.75 Å². The van der Waals surface area contributed by atoms with Crippen LogP contribution < -0.4 is 15.0 Å². The van der Waals surface area contributed by atoms with Gasteiger partial charge in [-0.3, -0.25) is 14.4 Å². The second kappa shape index (κ2) is 10.3. The van der Waals surface area contributed by atoms with Crippen molar-refractivity contribution in [1.29, 1.82) is 0 Å². The van der Waals surface area contributed by atoms with E-state index in [-0.39, 0.29) is 30.7 Å². The van der Waals surface area contributed by atoms with Crippen LogP contribution in [0.4, 0.5) is 24.5 Å². The minimum atomic E-state index is -4.69. The largest absolute Gasteiger partial charge is 0.491 e. The molecule has 1 atom stereocenters. The molecule has 0 radical (unpaired) electrons. The first-order chi connectivity index (χ1) is 15.9. The average Bonchev–Trinajstić information content (AvgIpc) is 3.14. The predicted molar refractivity (Wildman–Crippen MR) is 119 cm³/mol. The lowest BCUT2D eigenvalue weighted by Crippen LogP contribution is -2.28. The van der Waals surface area contributed by atoms with Crippen molar-refractivity contribution < 1.29 is 37.0 Å². The predicted octanol–water partition coefficient (Wildman–Crippen LogP) is 4.68. The number of halogens is 4. The van der Waals surface area contributed by atoms with Gasteiger partial charge in [-0.2, -0.15) is 13.2 Å². The van der Waals surface area contributed by atoms with E-state index in [4.69, 9.17) is 21.1 Å². The van der Waals surface area contributed by atoms with E-state index in [9.17, 15) is 27.6 Å². The van der Waals surface area contributed by atoms with E-state index in [1.807, 2.05) is 13.8 Å². The maximum absolute atomic E-state index is 12.9. The molecule has 2 amide bonds. The van der Waals surface area contributed by atoms with Crippen molar-refractivity contribution in [1.82, 2.24) is 0 Å². The molecule has 1 saturated heterocycles. The Morgan fingerprint density at radius 3 is 2.47 bits per heavy atom. The summed E-state index contributed by atoms with van der Waals surface area (Å²) in [4.78, 5) is 38.2. The van der Waals surface area contributed by atoms with E-state index >= 15 is 0 Å². The molecule has 0 unspecified atom stereocenters.